The highest BCUT2D eigenvalue weighted by Gasteiger charge is 2.28. The number of hydrogen-bond acceptors (Lipinski definition) is 4. The van der Waals surface area contributed by atoms with Crippen molar-refractivity contribution < 1.29 is 8.42 Å². The summed E-state index contributed by atoms with van der Waals surface area (Å²) in [6, 6.07) is 4.80. The molecule has 0 saturated carbocycles. The third kappa shape index (κ3) is 3.60. The largest absolute Gasteiger partial charge is 0.244 e. The van der Waals surface area contributed by atoms with Crippen molar-refractivity contribution in [3.8, 4) is 6.07 Å². The number of nitriles is 1. The van der Waals surface area contributed by atoms with E-state index in [4.69, 9.17) is 5.26 Å². The van der Waals surface area contributed by atoms with Gasteiger partial charge in [0.15, 0.2) is 0 Å². The second kappa shape index (κ2) is 6.54. The smallest absolute Gasteiger partial charge is 0.244 e. The summed E-state index contributed by atoms with van der Waals surface area (Å²) >= 11 is 0. The van der Waals surface area contributed by atoms with Crippen LogP contribution in [0, 0.1) is 23.2 Å². The van der Waals surface area contributed by atoms with Crippen LogP contribution in [0.25, 0.3) is 0 Å². The molecule has 2 heterocycles. The maximum atomic E-state index is 12.6. The summed E-state index contributed by atoms with van der Waals surface area (Å²) < 4.78 is 26.8. The van der Waals surface area contributed by atoms with Crippen molar-refractivity contribution in [2.24, 2.45) is 11.8 Å². The summed E-state index contributed by atoms with van der Waals surface area (Å²) in [6.07, 6.45) is 4.15. The second-order valence-corrected chi connectivity index (χ2v) is 7.77. The maximum absolute atomic E-state index is 12.6. The summed E-state index contributed by atoms with van der Waals surface area (Å²) in [5.41, 5.74) is 0.227. The molecule has 1 aromatic rings. The Labute approximate surface area is 126 Å². The fraction of sp³-hybridized carbons (Fsp3) is 0.600. The Kier molecular flexibility index (Phi) is 4.96. The minimum Gasteiger partial charge on any atom is -0.244 e. The molecule has 2 rings (SSSR count). The monoisotopic (exact) mass is 307 g/mol. The van der Waals surface area contributed by atoms with Gasteiger partial charge in [-0.3, -0.25) is 0 Å². The molecule has 0 amide bonds. The van der Waals surface area contributed by atoms with Crippen LogP contribution in [0.3, 0.4) is 0 Å². The third-order valence-electron chi connectivity index (χ3n) is 4.16. The Bertz CT molecular complexity index is 617. The van der Waals surface area contributed by atoms with Gasteiger partial charge in [0, 0.05) is 19.3 Å². The van der Waals surface area contributed by atoms with Crippen molar-refractivity contribution in [2.45, 2.75) is 38.0 Å². The van der Waals surface area contributed by atoms with Gasteiger partial charge in [-0.1, -0.05) is 13.8 Å². The molecular formula is C15H21N3O2S. The predicted molar refractivity (Wildman–Crippen MR) is 79.9 cm³/mol. The van der Waals surface area contributed by atoms with Gasteiger partial charge in [0.25, 0.3) is 0 Å². The first-order chi connectivity index (χ1) is 9.95. The highest BCUT2D eigenvalue weighted by Crippen LogP contribution is 2.27. The Morgan fingerprint density at radius 1 is 1.33 bits per heavy atom. The number of sulfonamides is 1. The SMILES string of the molecule is CC(C)C1CCCN(S(=O)(=O)c2ccc(C#N)nc2)CC1. The van der Waals surface area contributed by atoms with Crippen molar-refractivity contribution >= 4 is 10.0 Å². The number of aromatic nitrogens is 1. The molecule has 0 spiro atoms. The maximum Gasteiger partial charge on any atom is 0.244 e. The average Bonchev–Trinajstić information content (AvgIpc) is 2.73. The fourth-order valence-corrected chi connectivity index (χ4v) is 4.19. The lowest BCUT2D eigenvalue weighted by molar-refractivity contribution is 0.340. The molecule has 1 atom stereocenters. The van der Waals surface area contributed by atoms with Crippen LogP contribution in [0.1, 0.15) is 38.8 Å². The summed E-state index contributed by atoms with van der Waals surface area (Å²) in [7, 11) is -3.50. The van der Waals surface area contributed by atoms with Gasteiger partial charge in [0.2, 0.25) is 10.0 Å². The molecule has 1 unspecified atom stereocenters. The van der Waals surface area contributed by atoms with Crippen molar-refractivity contribution in [3.05, 3.63) is 24.0 Å². The third-order valence-corrected chi connectivity index (χ3v) is 6.05. The molecule has 0 bridgehead atoms. The van der Waals surface area contributed by atoms with Crippen molar-refractivity contribution in [1.82, 2.24) is 9.29 Å². The number of pyridine rings is 1. The molecule has 5 nitrogen and oxygen atoms in total. The quantitative estimate of drug-likeness (QED) is 0.859. The van der Waals surface area contributed by atoms with Crippen LogP contribution in [0.2, 0.25) is 0 Å². The van der Waals surface area contributed by atoms with Crippen LogP contribution in [0.4, 0.5) is 0 Å². The molecule has 0 radical (unpaired) electrons. The number of nitrogens with zero attached hydrogens (tertiary/aromatic N) is 3. The van der Waals surface area contributed by atoms with Gasteiger partial charge in [-0.15, -0.1) is 0 Å². The zero-order chi connectivity index (χ0) is 15.5. The molecule has 0 N–H and O–H groups in total. The van der Waals surface area contributed by atoms with E-state index < -0.39 is 10.0 Å². The van der Waals surface area contributed by atoms with Crippen LogP contribution >= 0.6 is 0 Å². The van der Waals surface area contributed by atoms with Crippen LogP contribution in [-0.4, -0.2) is 30.8 Å². The molecule has 1 aliphatic rings. The molecule has 0 aromatic carbocycles. The summed E-state index contributed by atoms with van der Waals surface area (Å²) in [5, 5.41) is 8.73. The molecule has 1 aliphatic heterocycles. The molecule has 1 saturated heterocycles. The Hall–Kier alpha value is -1.45. The topological polar surface area (TPSA) is 74.1 Å². The van der Waals surface area contributed by atoms with E-state index in [0.717, 1.165) is 19.3 Å². The summed E-state index contributed by atoms with van der Waals surface area (Å²) in [6.45, 7) is 5.51. The van der Waals surface area contributed by atoms with E-state index in [9.17, 15) is 8.42 Å². The van der Waals surface area contributed by atoms with Crippen molar-refractivity contribution in [2.75, 3.05) is 13.1 Å². The summed E-state index contributed by atoms with van der Waals surface area (Å²) in [5.74, 6) is 1.17. The van der Waals surface area contributed by atoms with Gasteiger partial charge in [-0.25, -0.2) is 13.4 Å². The van der Waals surface area contributed by atoms with Gasteiger partial charge in [-0.2, -0.15) is 9.57 Å². The van der Waals surface area contributed by atoms with E-state index in [1.54, 1.807) is 4.31 Å². The Morgan fingerprint density at radius 3 is 2.67 bits per heavy atom. The molecule has 1 aromatic heterocycles. The van der Waals surface area contributed by atoms with Crippen LogP contribution in [0.15, 0.2) is 23.2 Å². The lowest BCUT2D eigenvalue weighted by atomic mass is 9.89. The molecule has 6 heteroatoms. The zero-order valence-corrected chi connectivity index (χ0v) is 13.3. The second-order valence-electron chi connectivity index (χ2n) is 5.83. The van der Waals surface area contributed by atoms with Gasteiger partial charge < -0.3 is 0 Å². The van der Waals surface area contributed by atoms with Crippen molar-refractivity contribution in [1.29, 1.82) is 5.26 Å². The Balaban J connectivity index is 2.17. The van der Waals surface area contributed by atoms with Crippen molar-refractivity contribution in [3.63, 3.8) is 0 Å². The van der Waals surface area contributed by atoms with E-state index >= 15 is 0 Å². The highest BCUT2D eigenvalue weighted by molar-refractivity contribution is 7.89. The van der Waals surface area contributed by atoms with Gasteiger partial charge in [0.1, 0.15) is 16.7 Å². The lowest BCUT2D eigenvalue weighted by Crippen LogP contribution is -2.32. The zero-order valence-electron chi connectivity index (χ0n) is 12.5. The van der Waals surface area contributed by atoms with E-state index in [2.05, 4.69) is 18.8 Å². The molecule has 1 fully saturated rings. The highest BCUT2D eigenvalue weighted by atomic mass is 32.2. The van der Waals surface area contributed by atoms with Crippen LogP contribution in [-0.2, 0) is 10.0 Å². The first-order valence-electron chi connectivity index (χ1n) is 7.31. The van der Waals surface area contributed by atoms with Gasteiger partial charge >= 0.3 is 0 Å². The van der Waals surface area contributed by atoms with Gasteiger partial charge in [0.05, 0.1) is 0 Å². The average molecular weight is 307 g/mol. The first kappa shape index (κ1) is 15.9. The predicted octanol–water partition coefficient (Wildman–Crippen LogP) is 2.40. The first-order valence-corrected chi connectivity index (χ1v) is 8.75. The van der Waals surface area contributed by atoms with E-state index in [0.29, 0.717) is 24.9 Å². The van der Waals surface area contributed by atoms with E-state index in [1.165, 1.54) is 18.3 Å². The molecule has 114 valence electrons. The van der Waals surface area contributed by atoms with Crippen LogP contribution < -0.4 is 0 Å². The standard InChI is InChI=1S/C15H21N3O2S/c1-12(2)13-4-3-8-18(9-7-13)21(19,20)15-6-5-14(10-16)17-11-15/h5-6,11-13H,3-4,7-9H2,1-2H3. The Morgan fingerprint density at radius 2 is 2.10 bits per heavy atom. The normalized spacial score (nSPS) is 21.0. The van der Waals surface area contributed by atoms with Crippen LogP contribution in [0.5, 0.6) is 0 Å². The molecular weight excluding hydrogens is 286 g/mol. The van der Waals surface area contributed by atoms with Gasteiger partial charge in [-0.05, 0) is 43.2 Å². The van der Waals surface area contributed by atoms with E-state index in [1.807, 2.05) is 6.07 Å². The fourth-order valence-electron chi connectivity index (χ4n) is 2.75. The molecule has 0 aliphatic carbocycles. The summed E-state index contributed by atoms with van der Waals surface area (Å²) in [4.78, 5) is 4.03. The minimum absolute atomic E-state index is 0.171. The number of hydrogen-bond donors (Lipinski definition) is 0. The number of rotatable bonds is 3. The van der Waals surface area contributed by atoms with E-state index in [-0.39, 0.29) is 10.6 Å². The molecule has 21 heavy (non-hydrogen) atoms. The minimum atomic E-state index is -3.50. The lowest BCUT2D eigenvalue weighted by Gasteiger charge is -2.21.